The molecule has 2 heterocycles. The van der Waals surface area contributed by atoms with Crippen molar-refractivity contribution < 1.29 is 9.53 Å². The zero-order chi connectivity index (χ0) is 17.1. The number of halogens is 1. The maximum Gasteiger partial charge on any atom is 0.318 e. The van der Waals surface area contributed by atoms with Crippen LogP contribution < -0.4 is 5.32 Å². The summed E-state index contributed by atoms with van der Waals surface area (Å²) in [5.74, 6) is 0. The van der Waals surface area contributed by atoms with Crippen molar-refractivity contribution in [2.24, 2.45) is 0 Å². The molecule has 0 aliphatic carbocycles. The molecule has 1 aromatic heterocycles. The van der Waals surface area contributed by atoms with Crippen molar-refractivity contribution in [3.05, 3.63) is 50.4 Å². The van der Waals surface area contributed by atoms with E-state index >= 15 is 0 Å². The Balaban J connectivity index is 1.56. The molecule has 0 saturated heterocycles. The standard InChI is InChI=1S/C17H20ClN3O2S/c1-11(23-2)16-20-15(10-24-16)8-19-17(22)21-6-5-12-7-14(18)4-3-13(12)9-21/h3-4,7,10-11H,5-6,8-9H2,1-2H3,(H,19,22). The van der Waals surface area contributed by atoms with Crippen LogP contribution in [0.3, 0.4) is 0 Å². The van der Waals surface area contributed by atoms with E-state index in [4.69, 9.17) is 16.3 Å². The second-order valence-electron chi connectivity index (χ2n) is 5.80. The molecule has 0 fully saturated rings. The van der Waals surface area contributed by atoms with Gasteiger partial charge in [0.15, 0.2) is 0 Å². The van der Waals surface area contributed by atoms with Gasteiger partial charge in [-0.25, -0.2) is 9.78 Å². The van der Waals surface area contributed by atoms with Crippen molar-refractivity contribution in [1.82, 2.24) is 15.2 Å². The lowest BCUT2D eigenvalue weighted by Gasteiger charge is -2.29. The lowest BCUT2D eigenvalue weighted by molar-refractivity contribution is 0.119. The Morgan fingerprint density at radius 1 is 1.50 bits per heavy atom. The first-order valence-corrected chi connectivity index (χ1v) is 9.09. The van der Waals surface area contributed by atoms with Crippen LogP contribution in [0.4, 0.5) is 4.79 Å². The molecule has 2 aromatic rings. The summed E-state index contributed by atoms with van der Waals surface area (Å²) in [6, 6.07) is 5.79. The maximum atomic E-state index is 12.4. The van der Waals surface area contributed by atoms with E-state index in [2.05, 4.69) is 10.3 Å². The van der Waals surface area contributed by atoms with E-state index in [1.54, 1.807) is 18.4 Å². The highest BCUT2D eigenvalue weighted by Gasteiger charge is 2.21. The van der Waals surface area contributed by atoms with Gasteiger partial charge in [0, 0.05) is 30.6 Å². The van der Waals surface area contributed by atoms with Crippen LogP contribution in [0.5, 0.6) is 0 Å². The minimum atomic E-state index is -0.0649. The summed E-state index contributed by atoms with van der Waals surface area (Å²) >= 11 is 7.57. The fourth-order valence-corrected chi connectivity index (χ4v) is 3.71. The fraction of sp³-hybridized carbons (Fsp3) is 0.412. The molecule has 1 unspecified atom stereocenters. The highest BCUT2D eigenvalue weighted by Crippen LogP contribution is 2.23. The fourth-order valence-electron chi connectivity index (χ4n) is 2.66. The summed E-state index contributed by atoms with van der Waals surface area (Å²) in [5.41, 5.74) is 3.24. The van der Waals surface area contributed by atoms with Gasteiger partial charge in [0.1, 0.15) is 11.1 Å². The number of hydrogen-bond acceptors (Lipinski definition) is 4. The van der Waals surface area contributed by atoms with Crippen molar-refractivity contribution in [3.63, 3.8) is 0 Å². The van der Waals surface area contributed by atoms with Gasteiger partial charge >= 0.3 is 6.03 Å². The second kappa shape index (κ2) is 7.51. The van der Waals surface area contributed by atoms with Gasteiger partial charge in [-0.05, 0) is 36.6 Å². The molecule has 1 aliphatic heterocycles. The van der Waals surface area contributed by atoms with Crippen molar-refractivity contribution >= 4 is 29.0 Å². The summed E-state index contributed by atoms with van der Waals surface area (Å²) in [4.78, 5) is 18.7. The summed E-state index contributed by atoms with van der Waals surface area (Å²) in [7, 11) is 1.66. The van der Waals surface area contributed by atoms with Gasteiger partial charge in [-0.1, -0.05) is 17.7 Å². The molecule has 0 saturated carbocycles. The Hall–Kier alpha value is -1.63. The molecule has 128 valence electrons. The number of aromatic nitrogens is 1. The lowest BCUT2D eigenvalue weighted by Crippen LogP contribution is -2.42. The van der Waals surface area contributed by atoms with Crippen LogP contribution in [-0.2, 0) is 24.2 Å². The summed E-state index contributed by atoms with van der Waals surface area (Å²) in [6.45, 7) is 3.69. The van der Waals surface area contributed by atoms with Gasteiger partial charge in [0.2, 0.25) is 0 Å². The van der Waals surface area contributed by atoms with Gasteiger partial charge in [0.25, 0.3) is 0 Å². The molecule has 1 atom stereocenters. The summed E-state index contributed by atoms with van der Waals surface area (Å²) in [6.07, 6.45) is 0.806. The predicted molar refractivity (Wildman–Crippen MR) is 95.3 cm³/mol. The highest BCUT2D eigenvalue weighted by atomic mass is 35.5. The number of fused-ring (bicyclic) bond motifs is 1. The molecule has 3 rings (SSSR count). The molecular weight excluding hydrogens is 346 g/mol. The average Bonchev–Trinajstić information content (AvgIpc) is 3.07. The third-order valence-electron chi connectivity index (χ3n) is 4.16. The lowest BCUT2D eigenvalue weighted by atomic mass is 10.0. The number of nitrogens with one attached hydrogen (secondary N) is 1. The van der Waals surface area contributed by atoms with E-state index in [-0.39, 0.29) is 12.1 Å². The molecule has 1 N–H and O–H groups in total. The van der Waals surface area contributed by atoms with Gasteiger partial charge < -0.3 is 15.0 Å². The molecule has 24 heavy (non-hydrogen) atoms. The van der Waals surface area contributed by atoms with Crippen molar-refractivity contribution in [2.75, 3.05) is 13.7 Å². The molecule has 1 aliphatic rings. The Kier molecular flexibility index (Phi) is 5.38. The quantitative estimate of drug-likeness (QED) is 0.897. The minimum Gasteiger partial charge on any atom is -0.375 e. The van der Waals surface area contributed by atoms with E-state index in [9.17, 15) is 4.79 Å². The smallest absolute Gasteiger partial charge is 0.318 e. The Bertz CT molecular complexity index is 734. The van der Waals surface area contributed by atoms with E-state index in [0.717, 1.165) is 27.7 Å². The van der Waals surface area contributed by atoms with E-state index in [1.807, 2.05) is 35.4 Å². The average molecular weight is 366 g/mol. The van der Waals surface area contributed by atoms with Crippen LogP contribution in [0, 0.1) is 0 Å². The maximum absolute atomic E-state index is 12.4. The first kappa shape index (κ1) is 17.2. The number of urea groups is 1. The van der Waals surface area contributed by atoms with Crippen LogP contribution in [0.2, 0.25) is 5.02 Å². The number of carbonyl (C=O) groups is 1. The molecule has 5 nitrogen and oxygen atoms in total. The Morgan fingerprint density at radius 3 is 3.12 bits per heavy atom. The van der Waals surface area contributed by atoms with Crippen LogP contribution in [0.15, 0.2) is 23.6 Å². The third-order valence-corrected chi connectivity index (χ3v) is 5.45. The Morgan fingerprint density at radius 2 is 2.33 bits per heavy atom. The highest BCUT2D eigenvalue weighted by molar-refractivity contribution is 7.09. The molecule has 0 spiro atoms. The molecule has 2 amide bonds. The molecule has 0 bridgehead atoms. The van der Waals surface area contributed by atoms with E-state index < -0.39 is 0 Å². The summed E-state index contributed by atoms with van der Waals surface area (Å²) in [5, 5.41) is 6.57. The minimum absolute atomic E-state index is 0.0233. The van der Waals surface area contributed by atoms with Gasteiger partial charge in [-0.2, -0.15) is 0 Å². The second-order valence-corrected chi connectivity index (χ2v) is 7.12. The zero-order valence-electron chi connectivity index (χ0n) is 13.7. The van der Waals surface area contributed by atoms with Crippen LogP contribution in [-0.4, -0.2) is 29.6 Å². The van der Waals surface area contributed by atoms with Crippen molar-refractivity contribution in [2.45, 2.75) is 32.5 Å². The van der Waals surface area contributed by atoms with Gasteiger partial charge in [0.05, 0.1) is 12.2 Å². The molecule has 1 aromatic carbocycles. The molecule has 7 heteroatoms. The van der Waals surface area contributed by atoms with Gasteiger partial charge in [-0.15, -0.1) is 11.3 Å². The Labute approximate surface area is 150 Å². The number of carbonyl (C=O) groups excluding carboxylic acids is 1. The van der Waals surface area contributed by atoms with Crippen molar-refractivity contribution in [3.8, 4) is 0 Å². The number of amides is 2. The topological polar surface area (TPSA) is 54.5 Å². The number of methoxy groups -OCH3 is 1. The van der Waals surface area contributed by atoms with Crippen LogP contribution >= 0.6 is 22.9 Å². The third kappa shape index (κ3) is 3.88. The first-order valence-electron chi connectivity index (χ1n) is 7.84. The van der Waals surface area contributed by atoms with E-state index in [0.29, 0.717) is 19.6 Å². The predicted octanol–water partition coefficient (Wildman–Crippen LogP) is 3.77. The van der Waals surface area contributed by atoms with E-state index in [1.165, 1.54) is 5.56 Å². The molecular formula is C17H20ClN3O2S. The first-order chi connectivity index (χ1) is 11.6. The monoisotopic (exact) mass is 365 g/mol. The normalized spacial score (nSPS) is 15.0. The van der Waals surface area contributed by atoms with Crippen molar-refractivity contribution in [1.29, 1.82) is 0 Å². The van der Waals surface area contributed by atoms with Crippen LogP contribution in [0.1, 0.15) is 34.9 Å². The zero-order valence-corrected chi connectivity index (χ0v) is 15.3. The SMILES string of the molecule is COC(C)c1nc(CNC(=O)N2CCc3cc(Cl)ccc3C2)cs1. The number of thiazole rings is 1. The number of rotatable bonds is 4. The van der Waals surface area contributed by atoms with Gasteiger partial charge in [-0.3, -0.25) is 0 Å². The van der Waals surface area contributed by atoms with Crippen LogP contribution in [0.25, 0.3) is 0 Å². The number of hydrogen-bond donors (Lipinski definition) is 1. The summed E-state index contributed by atoms with van der Waals surface area (Å²) < 4.78 is 5.25. The largest absolute Gasteiger partial charge is 0.375 e. The number of nitrogens with zero attached hydrogens (tertiary/aromatic N) is 2. The number of benzene rings is 1. The molecule has 0 radical (unpaired) electrons. The number of ether oxygens (including phenoxy) is 1.